The number of hydrogen-bond donors (Lipinski definition) is 0. The van der Waals surface area contributed by atoms with E-state index in [4.69, 9.17) is 0 Å². The van der Waals surface area contributed by atoms with Crippen LogP contribution in [-0.4, -0.2) is 31.4 Å². The third-order valence-electron chi connectivity index (χ3n) is 3.41. The van der Waals surface area contributed by atoms with Gasteiger partial charge in [0.2, 0.25) is 5.91 Å². The second kappa shape index (κ2) is 4.16. The molecule has 1 aromatic rings. The maximum Gasteiger partial charge on any atom is 0.219 e. The Kier molecular flexibility index (Phi) is 2.86. The van der Waals surface area contributed by atoms with Crippen molar-refractivity contribution in [2.45, 2.75) is 19.4 Å². The first kappa shape index (κ1) is 11.0. The molecule has 0 N–H and O–H groups in total. The van der Waals surface area contributed by atoms with E-state index in [9.17, 15) is 4.79 Å². The second-order valence-electron chi connectivity index (χ2n) is 4.41. The van der Waals surface area contributed by atoms with E-state index in [2.05, 4.69) is 24.1 Å². The summed E-state index contributed by atoms with van der Waals surface area (Å²) in [5, 5.41) is 0. The highest BCUT2D eigenvalue weighted by molar-refractivity contribution is 5.74. The average Bonchev–Trinajstić information content (AvgIpc) is 2.29. The lowest BCUT2D eigenvalue weighted by atomic mass is 9.95. The summed E-state index contributed by atoms with van der Waals surface area (Å²) in [4.78, 5) is 15.5. The SMILES string of the molecule is CC(=O)N(C)[C@@H]1CCN(C)c2ccccc21. The molecule has 1 aliphatic heterocycles. The number of carbonyl (C=O) groups excluding carboxylic acids is 1. The fourth-order valence-corrected chi connectivity index (χ4v) is 2.33. The number of hydrogen-bond acceptors (Lipinski definition) is 2. The van der Waals surface area contributed by atoms with Gasteiger partial charge >= 0.3 is 0 Å². The summed E-state index contributed by atoms with van der Waals surface area (Å²) < 4.78 is 0. The summed E-state index contributed by atoms with van der Waals surface area (Å²) in [5.74, 6) is 0.129. The van der Waals surface area contributed by atoms with Crippen LogP contribution >= 0.6 is 0 Å². The van der Waals surface area contributed by atoms with Crippen molar-refractivity contribution in [3.63, 3.8) is 0 Å². The van der Waals surface area contributed by atoms with Crippen LogP contribution in [0.2, 0.25) is 0 Å². The van der Waals surface area contributed by atoms with Gasteiger partial charge in [0.05, 0.1) is 6.04 Å². The largest absolute Gasteiger partial charge is 0.374 e. The number of amides is 1. The molecule has 86 valence electrons. The summed E-state index contributed by atoms with van der Waals surface area (Å²) >= 11 is 0. The molecule has 0 saturated carbocycles. The van der Waals surface area contributed by atoms with Crippen LogP contribution in [0, 0.1) is 0 Å². The summed E-state index contributed by atoms with van der Waals surface area (Å²) in [6.45, 7) is 2.63. The van der Waals surface area contributed by atoms with Gasteiger partial charge in [-0.2, -0.15) is 0 Å². The Labute approximate surface area is 96.7 Å². The van der Waals surface area contributed by atoms with Gasteiger partial charge in [0.1, 0.15) is 0 Å². The molecule has 0 fully saturated rings. The zero-order valence-electron chi connectivity index (χ0n) is 10.1. The van der Waals surface area contributed by atoms with Crippen LogP contribution < -0.4 is 4.90 Å². The third-order valence-corrected chi connectivity index (χ3v) is 3.41. The van der Waals surface area contributed by atoms with Gasteiger partial charge in [-0.3, -0.25) is 4.79 Å². The Morgan fingerprint density at radius 1 is 1.44 bits per heavy atom. The zero-order chi connectivity index (χ0) is 11.7. The number of fused-ring (bicyclic) bond motifs is 1. The van der Waals surface area contributed by atoms with E-state index >= 15 is 0 Å². The van der Waals surface area contributed by atoms with E-state index in [1.807, 2.05) is 24.1 Å². The molecule has 0 radical (unpaired) electrons. The lowest BCUT2D eigenvalue weighted by molar-refractivity contribution is -0.129. The van der Waals surface area contributed by atoms with E-state index in [1.165, 1.54) is 11.3 Å². The molecule has 0 spiro atoms. The van der Waals surface area contributed by atoms with Crippen molar-refractivity contribution in [2.75, 3.05) is 25.5 Å². The van der Waals surface area contributed by atoms with E-state index in [0.717, 1.165) is 13.0 Å². The number of rotatable bonds is 1. The van der Waals surface area contributed by atoms with Gasteiger partial charge in [-0.15, -0.1) is 0 Å². The fraction of sp³-hybridized carbons (Fsp3) is 0.462. The highest BCUT2D eigenvalue weighted by atomic mass is 16.2. The Bertz CT molecular complexity index is 403. The number of carbonyl (C=O) groups is 1. The predicted octanol–water partition coefficient (Wildman–Crippen LogP) is 2.05. The first-order valence-electron chi connectivity index (χ1n) is 5.64. The Morgan fingerprint density at radius 3 is 2.81 bits per heavy atom. The summed E-state index contributed by atoms with van der Waals surface area (Å²) in [7, 11) is 3.98. The average molecular weight is 218 g/mol. The number of para-hydroxylation sites is 1. The van der Waals surface area contributed by atoms with Crippen LogP contribution in [0.3, 0.4) is 0 Å². The van der Waals surface area contributed by atoms with Gasteiger partial charge in [0, 0.05) is 33.3 Å². The molecule has 0 bridgehead atoms. The molecule has 3 heteroatoms. The lowest BCUT2D eigenvalue weighted by Gasteiger charge is -2.37. The molecule has 0 unspecified atom stereocenters. The van der Waals surface area contributed by atoms with Crippen LogP contribution in [0.4, 0.5) is 5.69 Å². The van der Waals surface area contributed by atoms with Crippen molar-refractivity contribution in [2.24, 2.45) is 0 Å². The van der Waals surface area contributed by atoms with Crippen LogP contribution in [0.15, 0.2) is 24.3 Å². The van der Waals surface area contributed by atoms with E-state index in [-0.39, 0.29) is 11.9 Å². The number of anilines is 1. The molecule has 0 aliphatic carbocycles. The molecule has 2 rings (SSSR count). The molecule has 16 heavy (non-hydrogen) atoms. The maximum atomic E-state index is 11.4. The first-order valence-corrected chi connectivity index (χ1v) is 5.64. The van der Waals surface area contributed by atoms with Gasteiger partial charge in [-0.1, -0.05) is 18.2 Å². The Balaban J connectivity index is 2.38. The molecule has 1 heterocycles. The third kappa shape index (κ3) is 1.77. The number of benzene rings is 1. The monoisotopic (exact) mass is 218 g/mol. The lowest BCUT2D eigenvalue weighted by Crippen LogP contribution is -2.36. The van der Waals surface area contributed by atoms with Gasteiger partial charge in [-0.25, -0.2) is 0 Å². The molecular formula is C13H18N2O. The quantitative estimate of drug-likeness (QED) is 0.720. The van der Waals surface area contributed by atoms with Crippen molar-refractivity contribution in [1.82, 2.24) is 4.90 Å². The fourth-order valence-electron chi connectivity index (χ4n) is 2.33. The topological polar surface area (TPSA) is 23.6 Å². The van der Waals surface area contributed by atoms with Gasteiger partial charge < -0.3 is 9.80 Å². The standard InChI is InChI=1S/C13H18N2O/c1-10(16)15(3)13-8-9-14(2)12-7-5-4-6-11(12)13/h4-7,13H,8-9H2,1-3H3/t13-/m1/s1. The van der Waals surface area contributed by atoms with Crippen LogP contribution in [0.25, 0.3) is 0 Å². The highest BCUT2D eigenvalue weighted by Gasteiger charge is 2.26. The van der Waals surface area contributed by atoms with Crippen LogP contribution in [0.1, 0.15) is 24.9 Å². The summed E-state index contributed by atoms with van der Waals surface area (Å²) in [6, 6.07) is 8.56. The van der Waals surface area contributed by atoms with Crippen molar-refractivity contribution < 1.29 is 4.79 Å². The Hall–Kier alpha value is -1.51. The van der Waals surface area contributed by atoms with Gasteiger partial charge in [0.25, 0.3) is 0 Å². The smallest absolute Gasteiger partial charge is 0.219 e. The minimum Gasteiger partial charge on any atom is -0.374 e. The first-order chi connectivity index (χ1) is 7.61. The van der Waals surface area contributed by atoms with Crippen molar-refractivity contribution in [3.05, 3.63) is 29.8 Å². The second-order valence-corrected chi connectivity index (χ2v) is 4.41. The van der Waals surface area contributed by atoms with Gasteiger partial charge in [-0.05, 0) is 18.1 Å². The van der Waals surface area contributed by atoms with Gasteiger partial charge in [0.15, 0.2) is 0 Å². The molecule has 1 atom stereocenters. The molecule has 1 aliphatic rings. The van der Waals surface area contributed by atoms with Crippen molar-refractivity contribution in [1.29, 1.82) is 0 Å². The molecule has 0 saturated heterocycles. The maximum absolute atomic E-state index is 11.4. The minimum atomic E-state index is 0.129. The molecule has 1 amide bonds. The predicted molar refractivity (Wildman–Crippen MR) is 65.5 cm³/mol. The molecule has 3 nitrogen and oxygen atoms in total. The van der Waals surface area contributed by atoms with Crippen molar-refractivity contribution in [3.8, 4) is 0 Å². The Morgan fingerprint density at radius 2 is 2.12 bits per heavy atom. The van der Waals surface area contributed by atoms with E-state index in [0.29, 0.717) is 0 Å². The highest BCUT2D eigenvalue weighted by Crippen LogP contribution is 2.35. The van der Waals surface area contributed by atoms with Crippen LogP contribution in [-0.2, 0) is 4.79 Å². The van der Waals surface area contributed by atoms with E-state index < -0.39 is 0 Å². The van der Waals surface area contributed by atoms with E-state index in [1.54, 1.807) is 6.92 Å². The molecule has 0 aromatic heterocycles. The van der Waals surface area contributed by atoms with Crippen LogP contribution in [0.5, 0.6) is 0 Å². The zero-order valence-corrected chi connectivity index (χ0v) is 10.1. The summed E-state index contributed by atoms with van der Waals surface area (Å²) in [5.41, 5.74) is 2.50. The van der Waals surface area contributed by atoms with Crippen molar-refractivity contribution >= 4 is 11.6 Å². The number of nitrogens with zero attached hydrogens (tertiary/aromatic N) is 2. The molecular weight excluding hydrogens is 200 g/mol. The normalized spacial score (nSPS) is 19.2. The minimum absolute atomic E-state index is 0.129. The summed E-state index contributed by atoms with van der Waals surface area (Å²) in [6.07, 6.45) is 1.00. The molecule has 1 aromatic carbocycles.